The molecule has 0 N–H and O–H groups in total. The van der Waals surface area contributed by atoms with Crippen LogP contribution in [0, 0.1) is 34.6 Å². The van der Waals surface area contributed by atoms with Crippen LogP contribution >= 0.6 is 0 Å². The van der Waals surface area contributed by atoms with Crippen LogP contribution in [0.3, 0.4) is 0 Å². The molecule has 0 atom stereocenters. The van der Waals surface area contributed by atoms with E-state index in [-0.39, 0.29) is 5.41 Å². The third kappa shape index (κ3) is 3.21. The van der Waals surface area contributed by atoms with Crippen LogP contribution in [0.15, 0.2) is 4.99 Å². The van der Waals surface area contributed by atoms with Gasteiger partial charge in [0.15, 0.2) is 5.90 Å². The fourth-order valence-corrected chi connectivity index (χ4v) is 5.85. The van der Waals surface area contributed by atoms with Crippen LogP contribution in [-0.2, 0) is 4.74 Å². The Kier molecular flexibility index (Phi) is 3.94. The first-order chi connectivity index (χ1) is 9.90. The quantitative estimate of drug-likeness (QED) is 0.325. The highest BCUT2D eigenvalue weighted by Crippen LogP contribution is 2.60. The molecule has 0 aromatic rings. The monoisotopic (exact) mass is 303 g/mol. The Morgan fingerprint density at radius 1 is 1.10 bits per heavy atom. The summed E-state index contributed by atoms with van der Waals surface area (Å²) in [5.74, 6) is 7.09. The highest BCUT2D eigenvalue weighted by atomic mass is 28.3. The molecule has 0 aromatic heterocycles. The van der Waals surface area contributed by atoms with E-state index in [1.54, 1.807) is 0 Å². The molecule has 4 fully saturated rings. The summed E-state index contributed by atoms with van der Waals surface area (Å²) in [5, 5.41) is 0. The number of rotatable bonds is 2. The van der Waals surface area contributed by atoms with Gasteiger partial charge >= 0.3 is 0 Å². The lowest BCUT2D eigenvalue weighted by Crippen LogP contribution is -2.50. The van der Waals surface area contributed by atoms with Gasteiger partial charge in [-0.1, -0.05) is 25.6 Å². The van der Waals surface area contributed by atoms with E-state index < -0.39 is 8.07 Å². The SMILES string of the molecule is CO/C(=N\CC#C[Si](C)(C)C)C12CC3CC(CC(C3)C1)C2. The van der Waals surface area contributed by atoms with E-state index in [1.165, 1.54) is 38.5 Å². The summed E-state index contributed by atoms with van der Waals surface area (Å²) in [5.41, 5.74) is 3.67. The molecule has 4 aliphatic carbocycles. The van der Waals surface area contributed by atoms with E-state index in [0.29, 0.717) is 6.54 Å². The zero-order valence-corrected chi connectivity index (χ0v) is 15.0. The van der Waals surface area contributed by atoms with E-state index in [0.717, 1.165) is 23.7 Å². The molecule has 4 rings (SSSR count). The Labute approximate surface area is 130 Å². The molecular weight excluding hydrogens is 274 g/mol. The van der Waals surface area contributed by atoms with Crippen molar-refractivity contribution >= 4 is 14.0 Å². The van der Waals surface area contributed by atoms with Crippen molar-refractivity contribution in [2.75, 3.05) is 13.7 Å². The summed E-state index contributed by atoms with van der Waals surface area (Å²) in [6, 6.07) is 0. The summed E-state index contributed by atoms with van der Waals surface area (Å²) < 4.78 is 5.76. The smallest absolute Gasteiger partial charge is 0.190 e. The minimum Gasteiger partial charge on any atom is -0.484 e. The summed E-state index contributed by atoms with van der Waals surface area (Å²) in [4.78, 5) is 4.78. The van der Waals surface area contributed by atoms with Crippen LogP contribution in [-0.4, -0.2) is 27.6 Å². The standard InChI is InChI=1S/C18H29NOSi/c1-20-17(19-6-5-7-21(2,3)4)18-11-14-8-15(12-18)10-16(9-14)13-18/h14-16H,6,8-13H2,1-4H3/b19-17-. The highest BCUT2D eigenvalue weighted by molar-refractivity contribution is 6.83. The van der Waals surface area contributed by atoms with Crippen LogP contribution in [0.1, 0.15) is 38.5 Å². The first-order valence-corrected chi connectivity index (χ1v) is 12.0. The molecule has 0 aromatic carbocycles. The van der Waals surface area contributed by atoms with Crippen molar-refractivity contribution < 1.29 is 4.74 Å². The molecule has 0 spiro atoms. The number of nitrogens with zero attached hydrogens (tertiary/aromatic N) is 1. The predicted molar refractivity (Wildman–Crippen MR) is 91.0 cm³/mol. The van der Waals surface area contributed by atoms with Crippen LogP contribution in [0.25, 0.3) is 0 Å². The molecule has 0 amide bonds. The van der Waals surface area contributed by atoms with Gasteiger partial charge in [0.25, 0.3) is 0 Å². The molecule has 21 heavy (non-hydrogen) atoms. The van der Waals surface area contributed by atoms with Gasteiger partial charge in [-0.2, -0.15) is 0 Å². The minimum atomic E-state index is -1.28. The first-order valence-electron chi connectivity index (χ1n) is 8.49. The van der Waals surface area contributed by atoms with Crippen molar-refractivity contribution in [3.8, 4) is 11.5 Å². The minimum absolute atomic E-state index is 0.268. The van der Waals surface area contributed by atoms with Crippen molar-refractivity contribution in [1.29, 1.82) is 0 Å². The van der Waals surface area contributed by atoms with Gasteiger partial charge in [0.2, 0.25) is 0 Å². The molecule has 4 bridgehead atoms. The second-order valence-electron chi connectivity index (χ2n) is 8.58. The third-order valence-corrected chi connectivity index (χ3v) is 6.38. The zero-order chi connectivity index (χ0) is 15.1. The molecule has 0 radical (unpaired) electrons. The molecule has 0 aliphatic heterocycles. The Hall–Kier alpha value is -0.753. The van der Waals surface area contributed by atoms with E-state index >= 15 is 0 Å². The molecule has 3 heteroatoms. The average Bonchev–Trinajstić information content (AvgIpc) is 2.35. The second kappa shape index (κ2) is 5.46. The summed E-state index contributed by atoms with van der Waals surface area (Å²) in [7, 11) is 0.528. The predicted octanol–water partition coefficient (Wildman–Crippen LogP) is 4.13. The van der Waals surface area contributed by atoms with Crippen LogP contribution in [0.5, 0.6) is 0 Å². The molecule has 2 nitrogen and oxygen atoms in total. The van der Waals surface area contributed by atoms with Crippen molar-refractivity contribution in [1.82, 2.24) is 0 Å². The Bertz CT molecular complexity index is 456. The second-order valence-corrected chi connectivity index (χ2v) is 13.3. The lowest BCUT2D eigenvalue weighted by atomic mass is 9.49. The maximum Gasteiger partial charge on any atom is 0.190 e. The topological polar surface area (TPSA) is 21.6 Å². The zero-order valence-electron chi connectivity index (χ0n) is 14.0. The van der Waals surface area contributed by atoms with Crippen molar-refractivity contribution in [2.24, 2.45) is 28.2 Å². The molecular formula is C18H29NOSi. The van der Waals surface area contributed by atoms with Crippen molar-refractivity contribution in [2.45, 2.75) is 58.2 Å². The first kappa shape index (κ1) is 15.2. The van der Waals surface area contributed by atoms with Gasteiger partial charge < -0.3 is 4.74 Å². The largest absolute Gasteiger partial charge is 0.484 e. The fraction of sp³-hybridized carbons (Fsp3) is 0.833. The van der Waals surface area contributed by atoms with Crippen LogP contribution in [0.2, 0.25) is 19.6 Å². The number of ether oxygens (including phenoxy) is 1. The van der Waals surface area contributed by atoms with Gasteiger partial charge in [-0.05, 0) is 56.3 Å². The maximum atomic E-state index is 5.76. The molecule has 0 saturated heterocycles. The number of hydrogen-bond donors (Lipinski definition) is 0. The van der Waals surface area contributed by atoms with E-state index in [4.69, 9.17) is 9.73 Å². The number of aliphatic imine (C=N–C) groups is 1. The summed E-state index contributed by atoms with van der Waals surface area (Å²) >= 11 is 0. The number of methoxy groups -OCH3 is 1. The highest BCUT2D eigenvalue weighted by Gasteiger charge is 2.54. The molecule has 0 heterocycles. The Balaban J connectivity index is 1.75. The van der Waals surface area contributed by atoms with Gasteiger partial charge in [-0.25, -0.2) is 4.99 Å². The molecule has 0 unspecified atom stereocenters. The molecule has 4 aliphatic rings. The van der Waals surface area contributed by atoms with Crippen molar-refractivity contribution in [3.05, 3.63) is 0 Å². The summed E-state index contributed by atoms with van der Waals surface area (Å²) in [6.45, 7) is 7.45. The van der Waals surface area contributed by atoms with E-state index in [2.05, 4.69) is 31.1 Å². The Morgan fingerprint density at radius 2 is 1.62 bits per heavy atom. The van der Waals surface area contributed by atoms with Gasteiger partial charge in [0, 0.05) is 5.41 Å². The van der Waals surface area contributed by atoms with Gasteiger partial charge in [-0.15, -0.1) is 5.54 Å². The van der Waals surface area contributed by atoms with E-state index in [9.17, 15) is 0 Å². The molecule has 116 valence electrons. The summed E-state index contributed by atoms with van der Waals surface area (Å²) in [6.07, 6.45) is 8.33. The van der Waals surface area contributed by atoms with Gasteiger partial charge in [0.05, 0.1) is 7.11 Å². The normalized spacial score (nSPS) is 38.1. The van der Waals surface area contributed by atoms with Crippen LogP contribution < -0.4 is 0 Å². The number of hydrogen-bond acceptors (Lipinski definition) is 2. The van der Waals surface area contributed by atoms with Crippen LogP contribution in [0.4, 0.5) is 0 Å². The fourth-order valence-electron chi connectivity index (χ4n) is 5.24. The average molecular weight is 304 g/mol. The van der Waals surface area contributed by atoms with Gasteiger partial charge in [-0.3, -0.25) is 0 Å². The molecule has 4 saturated carbocycles. The third-order valence-electron chi connectivity index (χ3n) is 5.45. The maximum absolute atomic E-state index is 5.76. The van der Waals surface area contributed by atoms with E-state index in [1.807, 2.05) is 7.11 Å². The lowest BCUT2D eigenvalue weighted by molar-refractivity contribution is -0.0228. The lowest BCUT2D eigenvalue weighted by Gasteiger charge is -2.56. The van der Waals surface area contributed by atoms with Gasteiger partial charge in [0.1, 0.15) is 14.6 Å². The Morgan fingerprint density at radius 3 is 2.05 bits per heavy atom. The van der Waals surface area contributed by atoms with Crippen molar-refractivity contribution in [3.63, 3.8) is 0 Å².